The topological polar surface area (TPSA) is 73.8 Å². The molecule has 0 bridgehead atoms. The maximum absolute atomic E-state index is 12.4. The third-order valence-electron chi connectivity index (χ3n) is 4.96. The summed E-state index contributed by atoms with van der Waals surface area (Å²) < 4.78 is 27.4. The minimum Gasteiger partial charge on any atom is -0.343 e. The van der Waals surface area contributed by atoms with Crippen LogP contribution >= 0.6 is 0 Å². The van der Waals surface area contributed by atoms with Gasteiger partial charge in [0.15, 0.2) is 0 Å². The molecule has 2 atom stereocenters. The molecule has 132 valence electrons. The van der Waals surface area contributed by atoms with Crippen LogP contribution in [-0.4, -0.2) is 38.7 Å². The maximum Gasteiger partial charge on any atom is 0.264 e. The largest absolute Gasteiger partial charge is 0.343 e. The summed E-state index contributed by atoms with van der Waals surface area (Å²) in [5.41, 5.74) is 1.03. The molecule has 1 aliphatic carbocycles. The Balaban J connectivity index is 1.63. The molecule has 1 aromatic carbocycles. The van der Waals surface area contributed by atoms with Crippen LogP contribution in [0, 0.1) is 12.8 Å². The Morgan fingerprint density at radius 1 is 1.21 bits per heavy atom. The SMILES string of the molecule is Cc1ccc(S(=O)(=O)NC2=NCN([C@H]3CCCC[C@H]3C)CN2)cc1. The molecule has 1 aliphatic heterocycles. The molecule has 0 unspecified atom stereocenters. The van der Waals surface area contributed by atoms with Gasteiger partial charge in [-0.05, 0) is 37.8 Å². The van der Waals surface area contributed by atoms with E-state index >= 15 is 0 Å². The summed E-state index contributed by atoms with van der Waals surface area (Å²) >= 11 is 0. The predicted octanol–water partition coefficient (Wildman–Crippen LogP) is 2.03. The van der Waals surface area contributed by atoms with E-state index in [9.17, 15) is 8.42 Å². The molecule has 3 rings (SSSR count). The van der Waals surface area contributed by atoms with Gasteiger partial charge in [-0.2, -0.15) is 0 Å². The number of sulfonamides is 1. The van der Waals surface area contributed by atoms with Crippen molar-refractivity contribution in [1.29, 1.82) is 0 Å². The van der Waals surface area contributed by atoms with Crippen LogP contribution in [0.1, 0.15) is 38.2 Å². The van der Waals surface area contributed by atoms with E-state index in [4.69, 9.17) is 0 Å². The maximum atomic E-state index is 12.4. The van der Waals surface area contributed by atoms with Gasteiger partial charge in [-0.3, -0.25) is 4.90 Å². The van der Waals surface area contributed by atoms with Crippen molar-refractivity contribution in [3.8, 4) is 0 Å². The monoisotopic (exact) mass is 350 g/mol. The van der Waals surface area contributed by atoms with Crippen LogP contribution in [0.5, 0.6) is 0 Å². The molecule has 0 amide bonds. The first kappa shape index (κ1) is 17.2. The standard InChI is InChI=1S/C17H26N4O2S/c1-13-7-9-15(10-8-13)24(22,23)20-17-18-11-21(12-19-17)16-6-4-3-5-14(16)2/h7-10,14,16H,3-6,11-12H2,1-2H3,(H2,18,19,20)/t14-,16+/m1/s1. The fourth-order valence-corrected chi connectivity index (χ4v) is 4.48. The van der Waals surface area contributed by atoms with Gasteiger partial charge in [0.25, 0.3) is 10.0 Å². The zero-order chi connectivity index (χ0) is 17.2. The number of aliphatic imine (C=N–C) groups is 1. The number of benzene rings is 1. The Labute approximate surface area is 144 Å². The molecule has 6 nitrogen and oxygen atoms in total. The molecule has 0 spiro atoms. The van der Waals surface area contributed by atoms with Gasteiger partial charge < -0.3 is 5.32 Å². The van der Waals surface area contributed by atoms with Crippen LogP contribution in [0.4, 0.5) is 0 Å². The molecule has 7 heteroatoms. The predicted molar refractivity (Wildman–Crippen MR) is 95.1 cm³/mol. The highest BCUT2D eigenvalue weighted by Crippen LogP contribution is 2.28. The van der Waals surface area contributed by atoms with Gasteiger partial charge in [-0.25, -0.2) is 18.1 Å². The normalized spacial score (nSPS) is 25.7. The summed E-state index contributed by atoms with van der Waals surface area (Å²) in [5.74, 6) is 0.997. The van der Waals surface area contributed by atoms with E-state index in [0.29, 0.717) is 31.3 Å². The molecule has 1 heterocycles. The lowest BCUT2D eigenvalue weighted by atomic mass is 9.85. The second-order valence-electron chi connectivity index (χ2n) is 6.82. The molecule has 1 fully saturated rings. The van der Waals surface area contributed by atoms with Gasteiger partial charge in [0, 0.05) is 6.04 Å². The molecular formula is C17H26N4O2S. The average Bonchev–Trinajstić information content (AvgIpc) is 2.56. The summed E-state index contributed by atoms with van der Waals surface area (Å²) in [7, 11) is -3.59. The summed E-state index contributed by atoms with van der Waals surface area (Å²) in [6.07, 6.45) is 5.03. The molecule has 0 radical (unpaired) electrons. The molecular weight excluding hydrogens is 324 g/mol. The zero-order valence-electron chi connectivity index (χ0n) is 14.3. The van der Waals surface area contributed by atoms with E-state index in [0.717, 1.165) is 5.56 Å². The fraction of sp³-hybridized carbons (Fsp3) is 0.588. The van der Waals surface area contributed by atoms with Gasteiger partial charge in [0.05, 0.1) is 18.2 Å². The van der Waals surface area contributed by atoms with Crippen LogP contribution < -0.4 is 10.0 Å². The van der Waals surface area contributed by atoms with Gasteiger partial charge >= 0.3 is 0 Å². The van der Waals surface area contributed by atoms with Crippen molar-refractivity contribution in [2.24, 2.45) is 10.9 Å². The number of aryl methyl sites for hydroxylation is 1. The molecule has 1 saturated carbocycles. The lowest BCUT2D eigenvalue weighted by molar-refractivity contribution is 0.106. The third-order valence-corrected chi connectivity index (χ3v) is 6.31. The van der Waals surface area contributed by atoms with Crippen molar-refractivity contribution in [3.63, 3.8) is 0 Å². The number of guanidine groups is 1. The Morgan fingerprint density at radius 3 is 2.54 bits per heavy atom. The molecule has 2 aliphatic rings. The number of nitrogens with one attached hydrogen (secondary N) is 2. The van der Waals surface area contributed by atoms with Crippen LogP contribution in [0.2, 0.25) is 0 Å². The van der Waals surface area contributed by atoms with Crippen LogP contribution in [0.3, 0.4) is 0 Å². The average molecular weight is 350 g/mol. The Kier molecular flexibility index (Phi) is 5.10. The minimum absolute atomic E-state index is 0.251. The Bertz CT molecular complexity index is 700. The van der Waals surface area contributed by atoms with E-state index < -0.39 is 10.0 Å². The van der Waals surface area contributed by atoms with Crippen molar-refractivity contribution in [2.75, 3.05) is 13.3 Å². The Hall–Kier alpha value is -1.60. The van der Waals surface area contributed by atoms with Gasteiger partial charge in [-0.1, -0.05) is 37.5 Å². The molecule has 2 N–H and O–H groups in total. The number of rotatable bonds is 3. The van der Waals surface area contributed by atoms with Gasteiger partial charge in [0.2, 0.25) is 5.96 Å². The van der Waals surface area contributed by atoms with E-state index in [2.05, 4.69) is 26.9 Å². The Morgan fingerprint density at radius 2 is 1.92 bits per heavy atom. The summed E-state index contributed by atoms with van der Waals surface area (Å²) in [4.78, 5) is 6.94. The van der Waals surface area contributed by atoms with Crippen LogP contribution in [0.15, 0.2) is 34.2 Å². The van der Waals surface area contributed by atoms with Crippen molar-refractivity contribution in [3.05, 3.63) is 29.8 Å². The number of nitrogens with zero attached hydrogens (tertiary/aromatic N) is 2. The first-order valence-electron chi connectivity index (χ1n) is 8.57. The van der Waals surface area contributed by atoms with Crippen LogP contribution in [-0.2, 0) is 10.0 Å². The summed E-state index contributed by atoms with van der Waals surface area (Å²) in [6.45, 7) is 5.39. The highest BCUT2D eigenvalue weighted by atomic mass is 32.2. The van der Waals surface area contributed by atoms with Crippen molar-refractivity contribution in [1.82, 2.24) is 14.9 Å². The first-order chi connectivity index (χ1) is 11.5. The second-order valence-corrected chi connectivity index (χ2v) is 8.50. The van der Waals surface area contributed by atoms with Crippen LogP contribution in [0.25, 0.3) is 0 Å². The van der Waals surface area contributed by atoms with Gasteiger partial charge in [0.1, 0.15) is 0 Å². The van der Waals surface area contributed by atoms with E-state index in [1.54, 1.807) is 24.3 Å². The number of hydrogen-bond donors (Lipinski definition) is 2. The van der Waals surface area contributed by atoms with E-state index in [1.165, 1.54) is 25.7 Å². The number of hydrogen-bond acceptors (Lipinski definition) is 5. The summed E-state index contributed by atoms with van der Waals surface area (Å²) in [5, 5.41) is 3.11. The minimum atomic E-state index is -3.59. The highest BCUT2D eigenvalue weighted by molar-refractivity contribution is 7.90. The molecule has 0 aromatic heterocycles. The zero-order valence-corrected chi connectivity index (χ0v) is 15.1. The van der Waals surface area contributed by atoms with Crippen molar-refractivity contribution >= 4 is 16.0 Å². The summed E-state index contributed by atoms with van der Waals surface area (Å²) in [6, 6.07) is 7.33. The molecule has 24 heavy (non-hydrogen) atoms. The smallest absolute Gasteiger partial charge is 0.264 e. The quantitative estimate of drug-likeness (QED) is 0.875. The lowest BCUT2D eigenvalue weighted by Gasteiger charge is -2.39. The highest BCUT2D eigenvalue weighted by Gasteiger charge is 2.29. The third kappa shape index (κ3) is 3.89. The van der Waals surface area contributed by atoms with E-state index in [1.807, 2.05) is 6.92 Å². The van der Waals surface area contributed by atoms with Gasteiger partial charge in [-0.15, -0.1) is 0 Å². The molecule has 1 aromatic rings. The first-order valence-corrected chi connectivity index (χ1v) is 10.1. The lowest BCUT2D eigenvalue weighted by Crippen LogP contribution is -2.54. The second kappa shape index (κ2) is 7.11. The van der Waals surface area contributed by atoms with E-state index in [-0.39, 0.29) is 4.90 Å². The fourth-order valence-electron chi connectivity index (χ4n) is 3.48. The molecule has 0 saturated heterocycles. The van der Waals surface area contributed by atoms with Crippen molar-refractivity contribution in [2.45, 2.75) is 50.5 Å². The van der Waals surface area contributed by atoms with Crippen molar-refractivity contribution < 1.29 is 8.42 Å².